The minimum absolute atomic E-state index is 3.16. The van der Waals surface area contributed by atoms with Crippen LogP contribution in [0.25, 0.3) is 0 Å². The maximum Gasteiger partial charge on any atom is 0.0438 e. The van der Waals surface area contributed by atoms with Crippen molar-refractivity contribution in [3.05, 3.63) is 0 Å². The van der Waals surface area contributed by atoms with Crippen LogP contribution < -0.4 is 0 Å². The van der Waals surface area contributed by atoms with Crippen LogP contribution in [0.15, 0.2) is 0 Å². The predicted octanol–water partition coefficient (Wildman–Crippen LogP) is 1.88. The van der Waals surface area contributed by atoms with E-state index in [9.17, 15) is 0 Å². The summed E-state index contributed by atoms with van der Waals surface area (Å²) in [6.07, 6.45) is 0. The van der Waals surface area contributed by atoms with Gasteiger partial charge in [0.15, 0.2) is 0 Å². The van der Waals surface area contributed by atoms with Crippen LogP contribution in [0.3, 0.4) is 0 Å². The summed E-state index contributed by atoms with van der Waals surface area (Å²) in [5.74, 6) is -6.50. The Kier molecular flexibility index (Phi) is 0.278. The second-order valence-electron chi connectivity index (χ2n) is 0.469. The molecule has 0 unspecified atom stereocenters. The van der Waals surface area contributed by atoms with Crippen molar-refractivity contribution in [2.24, 2.45) is 5.89 Å². The first-order valence-electron chi connectivity index (χ1n) is 5.44. The van der Waals surface area contributed by atoms with E-state index in [2.05, 4.69) is 0 Å². The van der Waals surface area contributed by atoms with Gasteiger partial charge in [0.2, 0.25) is 0 Å². The molecule has 0 atom stereocenters. The second kappa shape index (κ2) is 2.52. The van der Waals surface area contributed by atoms with Gasteiger partial charge in [-0.3, -0.25) is 0 Å². The maximum absolute atomic E-state index is 7.24. The highest BCUT2D eigenvalue weighted by Crippen LogP contribution is 1.91. The molecule has 0 aromatic rings. The van der Waals surface area contributed by atoms with Crippen molar-refractivity contribution in [2.45, 2.75) is 13.7 Å². The number of hydrogen-bond donors (Lipinski definition) is 0. The molecular formula is C4H9Cl. The van der Waals surface area contributed by atoms with Crippen molar-refractivity contribution in [3.8, 4) is 0 Å². The molecule has 0 radical (unpaired) electrons. The lowest BCUT2D eigenvalue weighted by Crippen LogP contribution is -1.83. The molecule has 0 nitrogen and oxygen atoms in total. The molecule has 0 aliphatic heterocycles. The van der Waals surface area contributed by atoms with Gasteiger partial charge in [-0.15, -0.1) is 11.6 Å². The highest BCUT2D eigenvalue weighted by Gasteiger charge is 1.82. The van der Waals surface area contributed by atoms with Crippen molar-refractivity contribution in [3.63, 3.8) is 0 Å². The van der Waals surface area contributed by atoms with Crippen molar-refractivity contribution < 1.29 is 12.3 Å². The molecule has 5 heavy (non-hydrogen) atoms. The lowest BCUT2D eigenvalue weighted by Gasteiger charge is -1.88. The molecule has 0 spiro atoms. The van der Waals surface area contributed by atoms with E-state index < -0.39 is 25.4 Å². The van der Waals surface area contributed by atoms with Crippen LogP contribution in [0.2, 0.25) is 0 Å². The fraction of sp³-hybridized carbons (Fsp3) is 1.00. The Morgan fingerprint density at radius 3 is 3.00 bits per heavy atom. The van der Waals surface area contributed by atoms with Crippen LogP contribution in [0.4, 0.5) is 0 Å². The fourth-order valence-corrected chi connectivity index (χ4v) is 0. The molecule has 0 saturated carbocycles. The fourth-order valence-electron chi connectivity index (χ4n) is 0. The lowest BCUT2D eigenvalue weighted by molar-refractivity contribution is 0.745. The van der Waals surface area contributed by atoms with Gasteiger partial charge in [-0.25, -0.2) is 0 Å². The zero-order chi connectivity index (χ0) is 12.0. The van der Waals surface area contributed by atoms with E-state index in [1.54, 1.807) is 0 Å². The standard InChI is InChI=1S/C4H9Cl/c1-4(2)3-5/h4H,3H2,1-2H3/i1D3,2D3,3D2,4D. The van der Waals surface area contributed by atoms with Crippen LogP contribution in [0, 0.1) is 5.89 Å². The molecule has 0 aliphatic rings. The normalized spacial score (nSPS) is 46.2. The summed E-state index contributed by atoms with van der Waals surface area (Å²) in [5, 5.41) is 0. The Morgan fingerprint density at radius 2 is 3.00 bits per heavy atom. The van der Waals surface area contributed by atoms with Gasteiger partial charge in [0, 0.05) is 18.2 Å². The molecule has 0 fully saturated rings. The quantitative estimate of drug-likeness (QED) is 0.443. The van der Waals surface area contributed by atoms with Gasteiger partial charge in [-0.05, 0) is 5.89 Å². The monoisotopic (exact) mass is 101 g/mol. The first-order valence-corrected chi connectivity index (χ1v) is 1.32. The molecule has 0 N–H and O–H groups in total. The van der Waals surface area contributed by atoms with Crippen molar-refractivity contribution in [1.82, 2.24) is 0 Å². The third kappa shape index (κ3) is 4.29. The molecule has 0 saturated heterocycles. The van der Waals surface area contributed by atoms with Gasteiger partial charge in [0.25, 0.3) is 0 Å². The second-order valence-corrected chi connectivity index (χ2v) is 0.658. The third-order valence-electron chi connectivity index (χ3n) is 0.0945. The Labute approximate surface area is 50.8 Å². The summed E-state index contributed by atoms with van der Waals surface area (Å²) in [7, 11) is 0. The minimum atomic E-state index is -3.34. The van der Waals surface area contributed by atoms with Crippen molar-refractivity contribution >= 4 is 11.6 Å². The Bertz CT molecular complexity index is 170. The van der Waals surface area contributed by atoms with E-state index in [-0.39, 0.29) is 0 Å². The van der Waals surface area contributed by atoms with Gasteiger partial charge in [0.05, 0.1) is 0 Å². The average Bonchev–Trinajstić information content (AvgIpc) is 1.77. The van der Waals surface area contributed by atoms with E-state index in [0.29, 0.717) is 0 Å². The van der Waals surface area contributed by atoms with Crippen LogP contribution in [-0.2, 0) is 0 Å². The van der Waals surface area contributed by atoms with Gasteiger partial charge in [-0.1, -0.05) is 13.7 Å². The van der Waals surface area contributed by atoms with Crippen LogP contribution >= 0.6 is 11.6 Å². The highest BCUT2D eigenvalue weighted by atomic mass is 35.5. The molecule has 0 heterocycles. The summed E-state index contributed by atoms with van der Waals surface area (Å²) in [4.78, 5) is 0. The molecule has 0 bridgehead atoms. The average molecular weight is 102 g/mol. The van der Waals surface area contributed by atoms with E-state index in [1.807, 2.05) is 0 Å². The van der Waals surface area contributed by atoms with E-state index in [0.717, 1.165) is 0 Å². The van der Waals surface area contributed by atoms with E-state index in [1.165, 1.54) is 0 Å². The molecule has 32 valence electrons. The summed E-state index contributed by atoms with van der Waals surface area (Å²) in [5.41, 5.74) is 0. The Morgan fingerprint density at radius 1 is 2.40 bits per heavy atom. The molecule has 1 heteroatoms. The van der Waals surface area contributed by atoms with Gasteiger partial charge < -0.3 is 0 Å². The third-order valence-corrected chi connectivity index (χ3v) is 0.283. The minimum Gasteiger partial charge on any atom is -0.126 e. The first kappa shape index (κ1) is 0.551. The Hall–Kier alpha value is 0.290. The van der Waals surface area contributed by atoms with E-state index >= 15 is 0 Å². The molecule has 0 aromatic carbocycles. The topological polar surface area (TPSA) is 0 Å². The summed E-state index contributed by atoms with van der Waals surface area (Å²) in [6.45, 7) is -6.66. The summed E-state index contributed by atoms with van der Waals surface area (Å²) in [6, 6.07) is 0. The molecule has 0 aromatic heterocycles. The molecule has 0 amide bonds. The molecule has 0 rings (SSSR count). The zero-order valence-electron chi connectivity index (χ0n) is 11.4. The largest absolute Gasteiger partial charge is 0.126 e. The van der Waals surface area contributed by atoms with Crippen molar-refractivity contribution in [1.29, 1.82) is 0 Å². The highest BCUT2D eigenvalue weighted by molar-refractivity contribution is 6.17. The van der Waals surface area contributed by atoms with Gasteiger partial charge in [-0.2, -0.15) is 0 Å². The van der Waals surface area contributed by atoms with Crippen LogP contribution in [0.5, 0.6) is 0 Å². The van der Waals surface area contributed by atoms with Crippen LogP contribution in [-0.4, -0.2) is 5.83 Å². The number of halogens is 1. The number of alkyl halides is 1. The lowest BCUT2D eigenvalue weighted by atomic mass is 10.3. The Balaban J connectivity index is 5.54. The number of hydrogen-bond acceptors (Lipinski definition) is 0. The van der Waals surface area contributed by atoms with Gasteiger partial charge >= 0.3 is 0 Å². The molecule has 0 aliphatic carbocycles. The molecular weight excluding hydrogens is 83.5 g/mol. The van der Waals surface area contributed by atoms with E-state index in [4.69, 9.17) is 23.9 Å². The van der Waals surface area contributed by atoms with Gasteiger partial charge in [0.1, 0.15) is 0 Å². The van der Waals surface area contributed by atoms with Crippen molar-refractivity contribution in [2.75, 3.05) is 5.83 Å². The number of rotatable bonds is 1. The summed E-state index contributed by atoms with van der Waals surface area (Å²) < 4.78 is 62.2. The smallest absolute Gasteiger partial charge is 0.0438 e. The SMILES string of the molecule is [2H]C([2H])([2H])C([2H])(C([2H])([2H])[2H])C([2H])([2H])Cl. The first-order chi connectivity index (χ1) is 5.75. The van der Waals surface area contributed by atoms with Crippen LogP contribution in [0.1, 0.15) is 26.0 Å². The zero-order valence-corrected chi connectivity index (χ0v) is 3.13. The predicted molar refractivity (Wildman–Crippen MR) is 25.6 cm³/mol. The maximum atomic E-state index is 7.24. The summed E-state index contributed by atoms with van der Waals surface area (Å²) >= 11 is 5.04.